The molecule has 1 aromatic heterocycles. The molecule has 0 fully saturated rings. The number of anilines is 2. The minimum atomic E-state index is -0.817. The minimum Gasteiger partial charge on any atom is -0.395 e. The van der Waals surface area contributed by atoms with Crippen molar-refractivity contribution in [2.24, 2.45) is 0 Å². The van der Waals surface area contributed by atoms with Gasteiger partial charge in [-0.15, -0.1) is 0 Å². The van der Waals surface area contributed by atoms with Gasteiger partial charge in [0.2, 0.25) is 5.95 Å². The SMILES string of the molecule is CCc1cc(N2CCc3cc(C(C)(C)O)ccc3C2)nc(NCCO)n1. The van der Waals surface area contributed by atoms with E-state index in [1.165, 1.54) is 11.1 Å². The Bertz CT molecular complexity index is 771. The van der Waals surface area contributed by atoms with Crippen molar-refractivity contribution in [2.45, 2.75) is 45.8 Å². The molecule has 0 amide bonds. The van der Waals surface area contributed by atoms with Gasteiger partial charge in [-0.2, -0.15) is 4.98 Å². The molecule has 0 saturated heterocycles. The maximum atomic E-state index is 10.2. The third kappa shape index (κ3) is 4.14. The number of aliphatic hydroxyl groups excluding tert-OH is 1. The maximum Gasteiger partial charge on any atom is 0.224 e. The summed E-state index contributed by atoms with van der Waals surface area (Å²) in [5.74, 6) is 1.48. The summed E-state index contributed by atoms with van der Waals surface area (Å²) in [4.78, 5) is 11.4. The lowest BCUT2D eigenvalue weighted by Crippen LogP contribution is -2.32. The molecular weight excluding hydrogens is 328 g/mol. The topological polar surface area (TPSA) is 81.5 Å². The van der Waals surface area contributed by atoms with Gasteiger partial charge >= 0.3 is 0 Å². The highest BCUT2D eigenvalue weighted by Gasteiger charge is 2.22. The zero-order valence-electron chi connectivity index (χ0n) is 15.8. The van der Waals surface area contributed by atoms with Crippen LogP contribution in [0, 0.1) is 0 Å². The van der Waals surface area contributed by atoms with E-state index in [-0.39, 0.29) is 6.61 Å². The second-order valence-electron chi connectivity index (χ2n) is 7.26. The molecule has 26 heavy (non-hydrogen) atoms. The Labute approximate surface area is 154 Å². The first-order valence-corrected chi connectivity index (χ1v) is 9.23. The van der Waals surface area contributed by atoms with E-state index in [2.05, 4.69) is 39.2 Å². The Morgan fingerprint density at radius 2 is 2.00 bits per heavy atom. The first kappa shape index (κ1) is 18.6. The lowest BCUT2D eigenvalue weighted by atomic mass is 9.91. The number of aryl methyl sites for hydroxylation is 1. The van der Waals surface area contributed by atoms with Crippen molar-refractivity contribution < 1.29 is 10.2 Å². The summed E-state index contributed by atoms with van der Waals surface area (Å²) in [6.07, 6.45) is 1.76. The van der Waals surface area contributed by atoms with E-state index in [9.17, 15) is 5.11 Å². The number of rotatable bonds is 6. The van der Waals surface area contributed by atoms with Crippen molar-refractivity contribution in [3.05, 3.63) is 46.6 Å². The Kier molecular flexibility index (Phi) is 5.44. The molecule has 0 bridgehead atoms. The quantitative estimate of drug-likeness (QED) is 0.736. The summed E-state index contributed by atoms with van der Waals surface area (Å²) in [6, 6.07) is 8.29. The van der Waals surface area contributed by atoms with Gasteiger partial charge in [-0.05, 0) is 43.4 Å². The van der Waals surface area contributed by atoms with E-state index in [1.807, 2.05) is 26.0 Å². The third-order valence-corrected chi connectivity index (χ3v) is 4.77. The highest BCUT2D eigenvalue weighted by atomic mass is 16.3. The Morgan fingerprint density at radius 3 is 2.69 bits per heavy atom. The van der Waals surface area contributed by atoms with E-state index in [0.29, 0.717) is 12.5 Å². The summed E-state index contributed by atoms with van der Waals surface area (Å²) in [5.41, 5.74) is 3.69. The Morgan fingerprint density at radius 1 is 1.19 bits per heavy atom. The minimum absolute atomic E-state index is 0.0513. The molecule has 2 heterocycles. The predicted molar refractivity (Wildman–Crippen MR) is 103 cm³/mol. The summed E-state index contributed by atoms with van der Waals surface area (Å²) in [5, 5.41) is 22.3. The lowest BCUT2D eigenvalue weighted by Gasteiger charge is -2.31. The van der Waals surface area contributed by atoms with Crippen LogP contribution in [0.5, 0.6) is 0 Å². The van der Waals surface area contributed by atoms with Crippen molar-refractivity contribution in [3.8, 4) is 0 Å². The van der Waals surface area contributed by atoms with E-state index >= 15 is 0 Å². The molecule has 0 saturated carbocycles. The number of nitrogens with zero attached hydrogens (tertiary/aromatic N) is 3. The van der Waals surface area contributed by atoms with Gasteiger partial charge in [-0.25, -0.2) is 4.98 Å². The number of hydrogen-bond acceptors (Lipinski definition) is 6. The fraction of sp³-hybridized carbons (Fsp3) is 0.500. The van der Waals surface area contributed by atoms with Crippen LogP contribution in [0.2, 0.25) is 0 Å². The van der Waals surface area contributed by atoms with E-state index in [0.717, 1.165) is 43.0 Å². The van der Waals surface area contributed by atoms with Crippen molar-refractivity contribution in [1.29, 1.82) is 0 Å². The van der Waals surface area contributed by atoms with Gasteiger partial charge in [0, 0.05) is 31.4 Å². The number of aromatic nitrogens is 2. The lowest BCUT2D eigenvalue weighted by molar-refractivity contribution is 0.0785. The molecule has 2 aromatic rings. The number of benzene rings is 1. The number of aliphatic hydroxyl groups is 2. The molecule has 6 heteroatoms. The van der Waals surface area contributed by atoms with Gasteiger partial charge in [-0.3, -0.25) is 0 Å². The van der Waals surface area contributed by atoms with Crippen LogP contribution in [0.1, 0.15) is 43.2 Å². The largest absolute Gasteiger partial charge is 0.395 e. The third-order valence-electron chi connectivity index (χ3n) is 4.77. The zero-order chi connectivity index (χ0) is 18.7. The second kappa shape index (κ2) is 7.60. The predicted octanol–water partition coefficient (Wildman–Crippen LogP) is 2.23. The van der Waals surface area contributed by atoms with Crippen LogP contribution in [0.25, 0.3) is 0 Å². The zero-order valence-corrected chi connectivity index (χ0v) is 15.8. The fourth-order valence-corrected chi connectivity index (χ4v) is 3.20. The molecule has 3 rings (SSSR count). The molecule has 0 atom stereocenters. The van der Waals surface area contributed by atoms with Crippen LogP contribution >= 0.6 is 0 Å². The van der Waals surface area contributed by atoms with Crippen LogP contribution < -0.4 is 10.2 Å². The van der Waals surface area contributed by atoms with Crippen molar-refractivity contribution in [1.82, 2.24) is 9.97 Å². The summed E-state index contributed by atoms with van der Waals surface area (Å²) in [6.45, 7) is 7.87. The monoisotopic (exact) mass is 356 g/mol. The smallest absolute Gasteiger partial charge is 0.224 e. The number of hydrogen-bond donors (Lipinski definition) is 3. The van der Waals surface area contributed by atoms with Crippen LogP contribution in [0.4, 0.5) is 11.8 Å². The molecule has 0 aliphatic carbocycles. The first-order valence-electron chi connectivity index (χ1n) is 9.23. The Balaban J connectivity index is 1.84. The van der Waals surface area contributed by atoms with Crippen LogP contribution in [0.15, 0.2) is 24.3 Å². The van der Waals surface area contributed by atoms with Gasteiger partial charge in [0.25, 0.3) is 0 Å². The molecule has 1 aliphatic heterocycles. The molecule has 1 aliphatic rings. The average molecular weight is 356 g/mol. The summed E-state index contributed by atoms with van der Waals surface area (Å²) in [7, 11) is 0. The molecule has 3 N–H and O–H groups in total. The molecule has 1 aromatic carbocycles. The second-order valence-corrected chi connectivity index (χ2v) is 7.26. The van der Waals surface area contributed by atoms with Crippen LogP contribution in [-0.2, 0) is 25.0 Å². The van der Waals surface area contributed by atoms with Gasteiger partial charge in [0.05, 0.1) is 12.2 Å². The molecule has 0 unspecified atom stereocenters. The fourth-order valence-electron chi connectivity index (χ4n) is 3.20. The first-order chi connectivity index (χ1) is 12.4. The van der Waals surface area contributed by atoms with E-state index in [4.69, 9.17) is 5.11 Å². The number of nitrogens with one attached hydrogen (secondary N) is 1. The average Bonchev–Trinajstić information content (AvgIpc) is 2.64. The molecule has 6 nitrogen and oxygen atoms in total. The van der Waals surface area contributed by atoms with Gasteiger partial charge in [0.1, 0.15) is 5.82 Å². The van der Waals surface area contributed by atoms with Crippen LogP contribution in [0.3, 0.4) is 0 Å². The normalized spacial score (nSPS) is 14.3. The highest BCUT2D eigenvalue weighted by Crippen LogP contribution is 2.28. The van der Waals surface area contributed by atoms with Gasteiger partial charge in [-0.1, -0.05) is 25.1 Å². The van der Waals surface area contributed by atoms with E-state index in [1.54, 1.807) is 0 Å². The summed E-state index contributed by atoms with van der Waals surface area (Å²) >= 11 is 0. The van der Waals surface area contributed by atoms with Gasteiger partial charge < -0.3 is 20.4 Å². The molecule has 0 radical (unpaired) electrons. The maximum absolute atomic E-state index is 10.2. The summed E-state index contributed by atoms with van der Waals surface area (Å²) < 4.78 is 0. The highest BCUT2D eigenvalue weighted by molar-refractivity contribution is 5.49. The molecular formula is C20H28N4O2. The molecule has 140 valence electrons. The van der Waals surface area contributed by atoms with Crippen molar-refractivity contribution in [3.63, 3.8) is 0 Å². The van der Waals surface area contributed by atoms with Crippen molar-refractivity contribution >= 4 is 11.8 Å². The van der Waals surface area contributed by atoms with Gasteiger partial charge in [0.15, 0.2) is 0 Å². The number of fused-ring (bicyclic) bond motifs is 1. The van der Waals surface area contributed by atoms with Crippen LogP contribution in [-0.4, -0.2) is 39.9 Å². The molecule has 0 spiro atoms. The standard InChI is InChI=1S/C20H28N4O2/c1-4-17-12-18(23-19(22-17)21-8-10-25)24-9-7-14-11-16(20(2,3)26)6-5-15(14)13-24/h5-6,11-12,25-26H,4,7-10,13H2,1-3H3,(H,21,22,23). The Hall–Kier alpha value is -2.18. The van der Waals surface area contributed by atoms with E-state index < -0.39 is 5.60 Å². The van der Waals surface area contributed by atoms with Crippen molar-refractivity contribution in [2.75, 3.05) is 29.9 Å².